The van der Waals surface area contributed by atoms with Gasteiger partial charge in [-0.3, -0.25) is 4.98 Å². The molecule has 0 atom stereocenters. The average Bonchev–Trinajstić information content (AvgIpc) is 2.56. The van der Waals surface area contributed by atoms with E-state index in [2.05, 4.69) is 4.98 Å². The lowest BCUT2D eigenvalue weighted by molar-refractivity contribution is -0.137. The molecule has 0 unspecified atom stereocenters. The van der Waals surface area contributed by atoms with E-state index in [1.54, 1.807) is 24.4 Å². The zero-order chi connectivity index (χ0) is 16.5. The van der Waals surface area contributed by atoms with Gasteiger partial charge in [-0.2, -0.15) is 13.2 Å². The van der Waals surface area contributed by atoms with Crippen molar-refractivity contribution in [2.45, 2.75) is 24.7 Å². The summed E-state index contributed by atoms with van der Waals surface area (Å²) in [6.07, 6.45) is -2.23. The van der Waals surface area contributed by atoms with Crippen molar-refractivity contribution in [1.82, 2.24) is 4.98 Å². The zero-order valence-corrected chi connectivity index (χ0v) is 12.4. The lowest BCUT2D eigenvalue weighted by Gasteiger charge is -2.37. The number of alkyl halides is 4. The van der Waals surface area contributed by atoms with Crippen LogP contribution in [0.1, 0.15) is 24.1 Å². The van der Waals surface area contributed by atoms with Crippen molar-refractivity contribution in [3.8, 4) is 0 Å². The highest BCUT2D eigenvalue weighted by atomic mass is 19.4. The van der Waals surface area contributed by atoms with Gasteiger partial charge in [0.1, 0.15) is 0 Å². The molecule has 0 spiro atoms. The maximum Gasteiger partial charge on any atom is 0.416 e. The molecule has 2 aromatic rings. The number of benzene rings is 1. The molecule has 23 heavy (non-hydrogen) atoms. The number of nitrogens with zero attached hydrogens (tertiary/aromatic N) is 2. The third-order valence-electron chi connectivity index (χ3n) is 4.24. The quantitative estimate of drug-likeness (QED) is 0.753. The third-order valence-corrected chi connectivity index (χ3v) is 4.24. The Labute approximate surface area is 131 Å². The summed E-state index contributed by atoms with van der Waals surface area (Å²) in [5.74, 6) is 0. The summed E-state index contributed by atoms with van der Waals surface area (Å²) in [7, 11) is 0. The largest absolute Gasteiger partial charge is 0.416 e. The van der Waals surface area contributed by atoms with E-state index in [4.69, 9.17) is 0 Å². The van der Waals surface area contributed by atoms with E-state index < -0.39 is 17.4 Å². The maximum absolute atomic E-state index is 15.0. The van der Waals surface area contributed by atoms with E-state index in [-0.39, 0.29) is 12.8 Å². The van der Waals surface area contributed by atoms with E-state index in [1.165, 1.54) is 12.1 Å². The van der Waals surface area contributed by atoms with E-state index in [0.29, 0.717) is 24.5 Å². The molecule has 0 N–H and O–H groups in total. The highest BCUT2D eigenvalue weighted by molar-refractivity contribution is 5.48. The third kappa shape index (κ3) is 3.30. The second-order valence-electron chi connectivity index (χ2n) is 5.71. The molecule has 1 fully saturated rings. The van der Waals surface area contributed by atoms with Gasteiger partial charge < -0.3 is 4.90 Å². The molecule has 0 radical (unpaired) electrons. The Bertz CT molecular complexity index is 645. The first-order chi connectivity index (χ1) is 10.9. The molecule has 3 rings (SSSR count). The minimum Gasteiger partial charge on any atom is -0.371 e. The van der Waals surface area contributed by atoms with E-state index in [1.807, 2.05) is 4.90 Å². The van der Waals surface area contributed by atoms with Gasteiger partial charge in [-0.1, -0.05) is 6.07 Å². The lowest BCUT2D eigenvalue weighted by atomic mass is 9.89. The van der Waals surface area contributed by atoms with Crippen LogP contribution in [0.3, 0.4) is 0 Å². The van der Waals surface area contributed by atoms with E-state index >= 15 is 0 Å². The number of halogens is 4. The first-order valence-electron chi connectivity index (χ1n) is 7.41. The maximum atomic E-state index is 15.0. The fourth-order valence-electron chi connectivity index (χ4n) is 2.86. The fraction of sp³-hybridized carbons (Fsp3) is 0.353. The minimum atomic E-state index is -4.34. The minimum absolute atomic E-state index is 0.269. The van der Waals surface area contributed by atoms with Crippen molar-refractivity contribution in [1.29, 1.82) is 0 Å². The number of pyridine rings is 1. The summed E-state index contributed by atoms with van der Waals surface area (Å²) in [6.45, 7) is 0.886. The lowest BCUT2D eigenvalue weighted by Crippen LogP contribution is -2.40. The number of piperidine rings is 1. The first-order valence-corrected chi connectivity index (χ1v) is 7.41. The van der Waals surface area contributed by atoms with E-state index in [0.717, 1.165) is 12.1 Å². The van der Waals surface area contributed by atoms with Gasteiger partial charge in [-0.15, -0.1) is 0 Å². The summed E-state index contributed by atoms with van der Waals surface area (Å²) in [5.41, 5.74) is -1.04. The topological polar surface area (TPSA) is 16.1 Å². The highest BCUT2D eigenvalue weighted by Gasteiger charge is 2.37. The Morgan fingerprint density at radius 2 is 1.61 bits per heavy atom. The molecule has 122 valence electrons. The van der Waals surface area contributed by atoms with Crippen molar-refractivity contribution in [3.05, 3.63) is 59.9 Å². The Kier molecular flexibility index (Phi) is 4.00. The molecule has 2 heterocycles. The van der Waals surface area contributed by atoms with Gasteiger partial charge in [0.05, 0.1) is 11.3 Å². The first kappa shape index (κ1) is 15.8. The SMILES string of the molecule is FC(F)(F)c1ccc(N2CCC(F)(c3ccccn3)CC2)cc1. The number of anilines is 1. The Hall–Kier alpha value is -2.11. The zero-order valence-electron chi connectivity index (χ0n) is 12.4. The standard InChI is InChI=1S/C17H16F4N2/c18-16(15-3-1-2-10-22-15)8-11-23(12-9-16)14-6-4-13(5-7-14)17(19,20)21/h1-7,10H,8-9,11-12H2. The molecule has 1 aromatic heterocycles. The molecule has 2 nitrogen and oxygen atoms in total. The second kappa shape index (κ2) is 5.83. The predicted molar refractivity (Wildman–Crippen MR) is 79.9 cm³/mol. The normalized spacial score (nSPS) is 18.0. The van der Waals surface area contributed by atoms with Crippen LogP contribution in [0.25, 0.3) is 0 Å². The van der Waals surface area contributed by atoms with Gasteiger partial charge in [-0.25, -0.2) is 4.39 Å². The van der Waals surface area contributed by atoms with Crippen molar-refractivity contribution in [3.63, 3.8) is 0 Å². The number of rotatable bonds is 2. The van der Waals surface area contributed by atoms with Gasteiger partial charge >= 0.3 is 6.18 Å². The smallest absolute Gasteiger partial charge is 0.371 e. The van der Waals surface area contributed by atoms with Crippen LogP contribution in [0.15, 0.2) is 48.7 Å². The molecule has 0 amide bonds. The van der Waals surface area contributed by atoms with Gasteiger partial charge in [-0.05, 0) is 36.4 Å². The molecule has 6 heteroatoms. The highest BCUT2D eigenvalue weighted by Crippen LogP contribution is 2.37. The predicted octanol–water partition coefficient (Wildman–Crippen LogP) is 4.57. The summed E-state index contributed by atoms with van der Waals surface area (Å²) in [5, 5.41) is 0. The van der Waals surface area contributed by atoms with E-state index in [9.17, 15) is 17.6 Å². The van der Waals surface area contributed by atoms with Crippen LogP contribution < -0.4 is 4.90 Å². The van der Waals surface area contributed by atoms with Crippen molar-refractivity contribution < 1.29 is 17.6 Å². The summed E-state index contributed by atoms with van der Waals surface area (Å²) in [6, 6.07) is 10.2. The van der Waals surface area contributed by atoms with Crippen LogP contribution in [-0.4, -0.2) is 18.1 Å². The van der Waals surface area contributed by atoms with Crippen LogP contribution in [0, 0.1) is 0 Å². The Morgan fingerprint density at radius 1 is 0.957 bits per heavy atom. The molecule has 0 saturated carbocycles. The molecule has 0 aliphatic carbocycles. The van der Waals surface area contributed by atoms with Crippen molar-refractivity contribution in [2.24, 2.45) is 0 Å². The van der Waals surface area contributed by atoms with Crippen molar-refractivity contribution >= 4 is 5.69 Å². The van der Waals surface area contributed by atoms with Crippen LogP contribution in [0.2, 0.25) is 0 Å². The summed E-state index contributed by atoms with van der Waals surface area (Å²) < 4.78 is 52.7. The molecular formula is C17H16F4N2. The average molecular weight is 324 g/mol. The van der Waals surface area contributed by atoms with Crippen LogP contribution in [-0.2, 0) is 11.8 Å². The second-order valence-corrected chi connectivity index (χ2v) is 5.71. The Morgan fingerprint density at radius 3 is 2.13 bits per heavy atom. The summed E-state index contributed by atoms with van der Waals surface area (Å²) >= 11 is 0. The van der Waals surface area contributed by atoms with Gasteiger partial charge in [0.25, 0.3) is 0 Å². The number of hydrogen-bond donors (Lipinski definition) is 0. The molecule has 1 aromatic carbocycles. The number of aromatic nitrogens is 1. The van der Waals surface area contributed by atoms with Crippen LogP contribution >= 0.6 is 0 Å². The monoisotopic (exact) mass is 324 g/mol. The summed E-state index contributed by atoms with van der Waals surface area (Å²) in [4.78, 5) is 6.00. The van der Waals surface area contributed by atoms with Gasteiger partial charge in [0.15, 0.2) is 5.67 Å². The molecule has 1 aliphatic rings. The van der Waals surface area contributed by atoms with Crippen molar-refractivity contribution in [2.75, 3.05) is 18.0 Å². The molecule has 1 aliphatic heterocycles. The van der Waals surface area contributed by atoms with Gasteiger partial charge in [0, 0.05) is 37.8 Å². The number of hydrogen-bond acceptors (Lipinski definition) is 2. The molecule has 0 bridgehead atoms. The van der Waals surface area contributed by atoms with Crippen LogP contribution in [0.4, 0.5) is 23.2 Å². The Balaban J connectivity index is 1.69. The van der Waals surface area contributed by atoms with Gasteiger partial charge in [0.2, 0.25) is 0 Å². The molecular weight excluding hydrogens is 308 g/mol. The van der Waals surface area contributed by atoms with Crippen LogP contribution in [0.5, 0.6) is 0 Å². The molecule has 1 saturated heterocycles. The fourth-order valence-corrected chi connectivity index (χ4v) is 2.86.